The summed E-state index contributed by atoms with van der Waals surface area (Å²) < 4.78 is 1.23. The van der Waals surface area contributed by atoms with Crippen LogP contribution in [0.3, 0.4) is 0 Å². The third-order valence-corrected chi connectivity index (χ3v) is 3.91. The standard InChI is InChI=1S/C14H18N2OS/c1-2-3-11(9-15)14(17)16-12-4-5-13-10(8-12)6-7-18-13/h4-8,11H,2-3,9,15H2,1H3,(H,16,17). The minimum absolute atomic E-state index is 0.0222. The first-order valence-electron chi connectivity index (χ1n) is 6.22. The van der Waals surface area contributed by atoms with Crippen molar-refractivity contribution in [2.75, 3.05) is 11.9 Å². The monoisotopic (exact) mass is 262 g/mol. The van der Waals surface area contributed by atoms with E-state index < -0.39 is 0 Å². The fourth-order valence-corrected chi connectivity index (χ4v) is 2.76. The third kappa shape index (κ3) is 2.89. The molecule has 3 nitrogen and oxygen atoms in total. The Bertz CT molecular complexity index is 535. The zero-order valence-electron chi connectivity index (χ0n) is 10.5. The summed E-state index contributed by atoms with van der Waals surface area (Å²) in [6.07, 6.45) is 1.81. The van der Waals surface area contributed by atoms with E-state index in [0.29, 0.717) is 6.54 Å². The van der Waals surface area contributed by atoms with Crippen LogP contribution in [0.5, 0.6) is 0 Å². The zero-order valence-corrected chi connectivity index (χ0v) is 11.3. The Morgan fingerprint density at radius 3 is 3.00 bits per heavy atom. The van der Waals surface area contributed by atoms with Crippen molar-refractivity contribution in [1.82, 2.24) is 0 Å². The largest absolute Gasteiger partial charge is 0.330 e. The van der Waals surface area contributed by atoms with Gasteiger partial charge in [-0.2, -0.15) is 0 Å². The molecule has 0 saturated carbocycles. The molecule has 96 valence electrons. The Kier molecular flexibility index (Phi) is 4.33. The summed E-state index contributed by atoms with van der Waals surface area (Å²) in [5.41, 5.74) is 6.48. The number of carbonyl (C=O) groups is 1. The third-order valence-electron chi connectivity index (χ3n) is 3.01. The molecule has 18 heavy (non-hydrogen) atoms. The SMILES string of the molecule is CCCC(CN)C(=O)Nc1ccc2sccc2c1. The van der Waals surface area contributed by atoms with Gasteiger partial charge < -0.3 is 11.1 Å². The van der Waals surface area contributed by atoms with E-state index in [1.54, 1.807) is 11.3 Å². The molecule has 0 aliphatic rings. The average Bonchev–Trinajstić information content (AvgIpc) is 2.83. The van der Waals surface area contributed by atoms with Gasteiger partial charge in [-0.05, 0) is 41.5 Å². The van der Waals surface area contributed by atoms with Crippen molar-refractivity contribution in [2.45, 2.75) is 19.8 Å². The van der Waals surface area contributed by atoms with E-state index in [9.17, 15) is 4.79 Å². The number of hydrogen-bond acceptors (Lipinski definition) is 3. The highest BCUT2D eigenvalue weighted by Gasteiger charge is 2.15. The van der Waals surface area contributed by atoms with Crippen LogP contribution < -0.4 is 11.1 Å². The van der Waals surface area contributed by atoms with Crippen molar-refractivity contribution in [3.05, 3.63) is 29.6 Å². The maximum Gasteiger partial charge on any atom is 0.228 e. The minimum atomic E-state index is -0.0897. The molecule has 0 aliphatic carbocycles. The number of hydrogen-bond donors (Lipinski definition) is 2. The molecule has 1 aromatic carbocycles. The van der Waals surface area contributed by atoms with E-state index >= 15 is 0 Å². The van der Waals surface area contributed by atoms with Crippen LogP contribution in [-0.2, 0) is 4.79 Å². The fraction of sp³-hybridized carbons (Fsp3) is 0.357. The van der Waals surface area contributed by atoms with Crippen molar-refractivity contribution in [3.8, 4) is 0 Å². The molecular weight excluding hydrogens is 244 g/mol. The van der Waals surface area contributed by atoms with E-state index in [-0.39, 0.29) is 11.8 Å². The van der Waals surface area contributed by atoms with E-state index in [1.807, 2.05) is 18.2 Å². The van der Waals surface area contributed by atoms with Crippen molar-refractivity contribution in [2.24, 2.45) is 11.7 Å². The lowest BCUT2D eigenvalue weighted by Gasteiger charge is -2.13. The fourth-order valence-electron chi connectivity index (χ4n) is 1.99. The number of carbonyl (C=O) groups excluding carboxylic acids is 1. The van der Waals surface area contributed by atoms with Gasteiger partial charge in [0.1, 0.15) is 0 Å². The van der Waals surface area contributed by atoms with Gasteiger partial charge in [-0.25, -0.2) is 0 Å². The summed E-state index contributed by atoms with van der Waals surface area (Å²) in [5, 5.41) is 6.16. The molecule has 0 fully saturated rings. The normalized spacial score (nSPS) is 12.6. The van der Waals surface area contributed by atoms with Gasteiger partial charge in [0.05, 0.1) is 5.92 Å². The van der Waals surface area contributed by atoms with Crippen LogP contribution in [0.25, 0.3) is 10.1 Å². The van der Waals surface area contributed by atoms with Crippen LogP contribution in [-0.4, -0.2) is 12.5 Å². The van der Waals surface area contributed by atoms with Gasteiger partial charge in [-0.3, -0.25) is 4.79 Å². The first kappa shape index (κ1) is 13.1. The maximum absolute atomic E-state index is 12.0. The van der Waals surface area contributed by atoms with E-state index in [0.717, 1.165) is 23.9 Å². The van der Waals surface area contributed by atoms with E-state index in [2.05, 4.69) is 23.7 Å². The second kappa shape index (κ2) is 5.98. The van der Waals surface area contributed by atoms with Crippen LogP contribution >= 0.6 is 11.3 Å². The van der Waals surface area contributed by atoms with Crippen LogP contribution in [0, 0.1) is 5.92 Å². The van der Waals surface area contributed by atoms with Gasteiger partial charge in [0, 0.05) is 16.9 Å². The first-order chi connectivity index (χ1) is 8.74. The Balaban J connectivity index is 2.09. The van der Waals surface area contributed by atoms with Gasteiger partial charge in [-0.1, -0.05) is 13.3 Å². The Hall–Kier alpha value is -1.39. The molecule has 0 radical (unpaired) electrons. The van der Waals surface area contributed by atoms with E-state index in [1.165, 1.54) is 4.70 Å². The number of nitrogens with one attached hydrogen (secondary N) is 1. The van der Waals surface area contributed by atoms with Crippen molar-refractivity contribution >= 4 is 33.0 Å². The number of amides is 1. The molecule has 3 N–H and O–H groups in total. The molecule has 1 unspecified atom stereocenters. The number of nitrogens with two attached hydrogens (primary N) is 1. The lowest BCUT2D eigenvalue weighted by molar-refractivity contribution is -0.119. The van der Waals surface area contributed by atoms with Crippen LogP contribution in [0.1, 0.15) is 19.8 Å². The lowest BCUT2D eigenvalue weighted by atomic mass is 10.0. The Morgan fingerprint density at radius 1 is 1.44 bits per heavy atom. The first-order valence-corrected chi connectivity index (χ1v) is 7.10. The molecule has 0 saturated heterocycles. The average molecular weight is 262 g/mol. The van der Waals surface area contributed by atoms with Gasteiger partial charge in [0.25, 0.3) is 0 Å². The predicted molar refractivity (Wildman–Crippen MR) is 77.9 cm³/mol. The zero-order chi connectivity index (χ0) is 13.0. The van der Waals surface area contributed by atoms with E-state index in [4.69, 9.17) is 5.73 Å². The summed E-state index contributed by atoms with van der Waals surface area (Å²) in [5.74, 6) is -0.0675. The maximum atomic E-state index is 12.0. The topological polar surface area (TPSA) is 55.1 Å². The van der Waals surface area contributed by atoms with Crippen LogP contribution in [0.4, 0.5) is 5.69 Å². The molecule has 1 aromatic heterocycles. The number of thiophene rings is 1. The van der Waals surface area contributed by atoms with Crippen molar-refractivity contribution < 1.29 is 4.79 Å². The summed E-state index contributed by atoms with van der Waals surface area (Å²) in [6, 6.07) is 8.04. The second-order valence-corrected chi connectivity index (χ2v) is 5.33. The molecule has 2 rings (SSSR count). The predicted octanol–water partition coefficient (Wildman–Crippen LogP) is 3.21. The molecule has 0 spiro atoms. The number of anilines is 1. The molecule has 4 heteroatoms. The van der Waals surface area contributed by atoms with Crippen molar-refractivity contribution in [1.29, 1.82) is 0 Å². The van der Waals surface area contributed by atoms with Gasteiger partial charge in [0.2, 0.25) is 5.91 Å². The summed E-state index contributed by atoms with van der Waals surface area (Å²) >= 11 is 1.70. The quantitative estimate of drug-likeness (QED) is 0.869. The molecule has 2 aromatic rings. The summed E-state index contributed by atoms with van der Waals surface area (Å²) in [7, 11) is 0. The molecule has 1 amide bonds. The summed E-state index contributed by atoms with van der Waals surface area (Å²) in [6.45, 7) is 2.47. The molecule has 0 aliphatic heterocycles. The highest BCUT2D eigenvalue weighted by molar-refractivity contribution is 7.17. The number of rotatable bonds is 5. The molecular formula is C14H18N2OS. The van der Waals surface area contributed by atoms with Gasteiger partial charge >= 0.3 is 0 Å². The van der Waals surface area contributed by atoms with Gasteiger partial charge in [0.15, 0.2) is 0 Å². The second-order valence-electron chi connectivity index (χ2n) is 4.38. The van der Waals surface area contributed by atoms with Crippen LogP contribution in [0.15, 0.2) is 29.6 Å². The highest BCUT2D eigenvalue weighted by atomic mass is 32.1. The smallest absolute Gasteiger partial charge is 0.228 e. The van der Waals surface area contributed by atoms with Gasteiger partial charge in [-0.15, -0.1) is 11.3 Å². The Morgan fingerprint density at radius 2 is 2.28 bits per heavy atom. The lowest BCUT2D eigenvalue weighted by Crippen LogP contribution is -2.29. The summed E-state index contributed by atoms with van der Waals surface area (Å²) in [4.78, 5) is 12.0. The Labute approximate surface area is 111 Å². The highest BCUT2D eigenvalue weighted by Crippen LogP contribution is 2.24. The van der Waals surface area contributed by atoms with Crippen molar-refractivity contribution in [3.63, 3.8) is 0 Å². The van der Waals surface area contributed by atoms with Crippen LogP contribution in [0.2, 0.25) is 0 Å². The number of benzene rings is 1. The molecule has 1 atom stereocenters. The molecule has 1 heterocycles. The minimum Gasteiger partial charge on any atom is -0.330 e. The number of fused-ring (bicyclic) bond motifs is 1. The molecule has 0 bridgehead atoms.